The molecule has 13 heteroatoms. The average molecular weight is 748 g/mol. The number of benzene rings is 2. The quantitative estimate of drug-likeness (QED) is 0.253. The summed E-state index contributed by atoms with van der Waals surface area (Å²) >= 11 is 6.52. The first kappa shape index (κ1) is 38.3. The number of nitrogens with zero attached hydrogens (tertiary/aromatic N) is 2. The van der Waals surface area contributed by atoms with E-state index in [1.165, 1.54) is 4.90 Å². The number of rotatable bonds is 13. The SMILES string of the molecule is CCC[C@H](NC(=O)[C@@H]1C[C@]2(CC(c3cc(C)c(OC)c(Cl)c3)=NO2)CN1C(=O)C(NC(=O)[C@@H]1C[C@H]1c1ccccc1)C(C)(C)C)C(=O)C(=O)NC1CC1. The molecule has 2 saturated carbocycles. The van der Waals surface area contributed by atoms with Crippen LogP contribution < -0.4 is 20.7 Å². The van der Waals surface area contributed by atoms with Gasteiger partial charge in [0.05, 0.1) is 30.4 Å². The Hall–Kier alpha value is -4.45. The van der Waals surface area contributed by atoms with Crippen LogP contribution in [-0.4, -0.2) is 83.4 Å². The smallest absolute Gasteiger partial charge is 0.289 e. The first-order valence-electron chi connectivity index (χ1n) is 18.5. The van der Waals surface area contributed by atoms with Gasteiger partial charge in [0.15, 0.2) is 5.60 Å². The number of methoxy groups -OCH3 is 1. The Morgan fingerprint density at radius 2 is 1.79 bits per heavy atom. The molecule has 53 heavy (non-hydrogen) atoms. The molecule has 12 nitrogen and oxygen atoms in total. The standard InChI is InChI=1S/C40H50ClN5O7/c1-7-11-29(32(47)37(50)42-25-14-15-25)43-36(49)31-20-40(19-30(45-53-40)24-16-22(2)33(52-6)28(41)17-24)21-46(31)38(51)34(39(3,4)5)44-35(48)27-18-26(27)23-12-9-8-10-13-23/h8-10,12-13,16-17,25-27,29,31,34H,7,11,14-15,18-21H2,1-6H3,(H,42,50)(H,43,49)(H,44,48)/t26-,27+,29-,31-,34?,40+/m0/s1. The van der Waals surface area contributed by atoms with Crippen molar-refractivity contribution in [1.82, 2.24) is 20.9 Å². The second-order valence-electron chi connectivity index (χ2n) is 16.1. The summed E-state index contributed by atoms with van der Waals surface area (Å²) in [7, 11) is 1.55. The van der Waals surface area contributed by atoms with Crippen LogP contribution in [0.5, 0.6) is 5.75 Å². The summed E-state index contributed by atoms with van der Waals surface area (Å²) < 4.78 is 5.42. The fourth-order valence-corrected chi connectivity index (χ4v) is 7.87. The number of Topliss-reactive ketones (excluding diaryl/α,β-unsaturated/α-hetero) is 1. The minimum absolute atomic E-state index is 0.00681. The van der Waals surface area contributed by atoms with Crippen LogP contribution in [0.2, 0.25) is 5.02 Å². The van der Waals surface area contributed by atoms with Gasteiger partial charge in [0, 0.05) is 30.4 Å². The highest BCUT2D eigenvalue weighted by Gasteiger charge is 2.56. The summed E-state index contributed by atoms with van der Waals surface area (Å²) in [5.41, 5.74) is 1.42. The lowest BCUT2D eigenvalue weighted by molar-refractivity contribution is -0.145. The molecule has 6 atom stereocenters. The molecule has 0 bridgehead atoms. The number of halogens is 1. The van der Waals surface area contributed by atoms with Crippen molar-refractivity contribution >= 4 is 46.7 Å². The lowest BCUT2D eigenvalue weighted by atomic mass is 9.85. The number of carbonyl (C=O) groups excluding carboxylic acids is 5. The molecule has 0 radical (unpaired) electrons. The van der Waals surface area contributed by atoms with Crippen LogP contribution in [-0.2, 0) is 28.8 Å². The molecule has 4 amide bonds. The number of amides is 4. The Bertz CT molecular complexity index is 1780. The molecule has 0 aromatic heterocycles. The number of nitrogens with one attached hydrogen (secondary N) is 3. The van der Waals surface area contributed by atoms with E-state index in [0.717, 1.165) is 29.5 Å². The number of likely N-dealkylation sites (tertiary alicyclic amines) is 1. The number of hydrogen-bond acceptors (Lipinski definition) is 8. The van der Waals surface area contributed by atoms with Gasteiger partial charge >= 0.3 is 0 Å². The van der Waals surface area contributed by atoms with Crippen molar-refractivity contribution in [3.63, 3.8) is 0 Å². The maximum Gasteiger partial charge on any atom is 0.289 e. The zero-order valence-electron chi connectivity index (χ0n) is 31.3. The number of aryl methyl sites for hydroxylation is 1. The molecule has 2 aromatic carbocycles. The van der Waals surface area contributed by atoms with Crippen LogP contribution in [0.25, 0.3) is 0 Å². The van der Waals surface area contributed by atoms with E-state index < -0.39 is 52.6 Å². The molecule has 1 saturated heterocycles. The lowest BCUT2D eigenvalue weighted by Gasteiger charge is -2.35. The topological polar surface area (TPSA) is 156 Å². The van der Waals surface area contributed by atoms with E-state index in [1.807, 2.05) is 71.0 Å². The molecule has 1 unspecified atom stereocenters. The monoisotopic (exact) mass is 747 g/mol. The van der Waals surface area contributed by atoms with Crippen LogP contribution in [0.3, 0.4) is 0 Å². The third-order valence-corrected chi connectivity index (χ3v) is 11.0. The third-order valence-electron chi connectivity index (χ3n) is 10.7. The lowest BCUT2D eigenvalue weighted by Crippen LogP contribution is -2.59. The fraction of sp³-hybridized carbons (Fsp3) is 0.550. The van der Waals surface area contributed by atoms with Gasteiger partial charge in [-0.3, -0.25) is 24.0 Å². The molecule has 4 aliphatic rings. The van der Waals surface area contributed by atoms with Gasteiger partial charge in [0.1, 0.15) is 17.8 Å². The van der Waals surface area contributed by atoms with E-state index in [4.69, 9.17) is 21.2 Å². The van der Waals surface area contributed by atoms with Crippen molar-refractivity contribution in [3.8, 4) is 5.75 Å². The molecule has 2 aliphatic heterocycles. The molecule has 1 spiro atoms. The van der Waals surface area contributed by atoms with Crippen molar-refractivity contribution in [2.45, 2.75) is 115 Å². The average Bonchev–Trinajstić information content (AvgIpc) is 4.04. The normalized spacial score (nSPS) is 24.5. The zero-order chi connectivity index (χ0) is 38.2. The minimum Gasteiger partial charge on any atom is -0.495 e. The summed E-state index contributed by atoms with van der Waals surface area (Å²) in [6.45, 7) is 9.36. The summed E-state index contributed by atoms with van der Waals surface area (Å²) in [5.74, 6) is -2.32. The van der Waals surface area contributed by atoms with Crippen LogP contribution >= 0.6 is 11.6 Å². The van der Waals surface area contributed by atoms with Gasteiger partial charge in [-0.15, -0.1) is 0 Å². The van der Waals surface area contributed by atoms with E-state index in [-0.39, 0.29) is 49.6 Å². The number of ether oxygens (including phenoxy) is 1. The van der Waals surface area contributed by atoms with E-state index >= 15 is 0 Å². The zero-order valence-corrected chi connectivity index (χ0v) is 32.0. The predicted molar refractivity (Wildman–Crippen MR) is 200 cm³/mol. The first-order chi connectivity index (χ1) is 25.1. The summed E-state index contributed by atoms with van der Waals surface area (Å²) in [5, 5.41) is 13.4. The summed E-state index contributed by atoms with van der Waals surface area (Å²) in [6, 6.07) is 10.3. The molecular weight excluding hydrogens is 698 g/mol. The molecule has 2 aromatic rings. The van der Waals surface area contributed by atoms with Gasteiger partial charge in [-0.05, 0) is 67.2 Å². The maximum atomic E-state index is 14.7. The van der Waals surface area contributed by atoms with Gasteiger partial charge in [0.25, 0.3) is 5.91 Å². The Morgan fingerprint density at radius 3 is 2.42 bits per heavy atom. The van der Waals surface area contributed by atoms with Crippen LogP contribution in [0.4, 0.5) is 0 Å². The molecular formula is C40H50ClN5O7. The number of ketones is 1. The van der Waals surface area contributed by atoms with Crippen molar-refractivity contribution < 1.29 is 33.5 Å². The highest BCUT2D eigenvalue weighted by molar-refractivity contribution is 6.38. The highest BCUT2D eigenvalue weighted by atomic mass is 35.5. The fourth-order valence-electron chi connectivity index (χ4n) is 7.53. The second-order valence-corrected chi connectivity index (χ2v) is 16.5. The Labute approximate surface area is 315 Å². The third kappa shape index (κ3) is 8.37. The molecule has 2 heterocycles. The van der Waals surface area contributed by atoms with Gasteiger partial charge in [0.2, 0.25) is 23.5 Å². The predicted octanol–water partition coefficient (Wildman–Crippen LogP) is 4.59. The summed E-state index contributed by atoms with van der Waals surface area (Å²) in [4.78, 5) is 76.3. The van der Waals surface area contributed by atoms with E-state index in [9.17, 15) is 24.0 Å². The van der Waals surface area contributed by atoms with Crippen LogP contribution in [0.1, 0.15) is 95.2 Å². The van der Waals surface area contributed by atoms with Crippen molar-refractivity contribution in [1.29, 1.82) is 0 Å². The van der Waals surface area contributed by atoms with Gasteiger partial charge < -0.3 is 30.4 Å². The molecule has 6 rings (SSSR count). The van der Waals surface area contributed by atoms with Crippen LogP contribution in [0, 0.1) is 18.3 Å². The molecule has 2 aliphatic carbocycles. The Kier molecular flexibility index (Phi) is 10.9. The minimum atomic E-state index is -1.07. The van der Waals surface area contributed by atoms with E-state index in [1.54, 1.807) is 13.2 Å². The van der Waals surface area contributed by atoms with Crippen LogP contribution in [0.15, 0.2) is 47.6 Å². The van der Waals surface area contributed by atoms with Gasteiger partial charge in [-0.25, -0.2) is 0 Å². The molecule has 3 fully saturated rings. The Balaban J connectivity index is 1.25. The number of hydrogen-bond donors (Lipinski definition) is 3. The molecule has 284 valence electrons. The second kappa shape index (κ2) is 15.1. The van der Waals surface area contributed by atoms with Gasteiger partial charge in [-0.1, -0.05) is 81.2 Å². The molecule has 3 N–H and O–H groups in total. The first-order valence-corrected chi connectivity index (χ1v) is 18.9. The van der Waals surface area contributed by atoms with Crippen molar-refractivity contribution in [2.24, 2.45) is 16.5 Å². The maximum absolute atomic E-state index is 14.7. The number of oxime groups is 1. The van der Waals surface area contributed by atoms with Gasteiger partial charge in [-0.2, -0.15) is 0 Å². The summed E-state index contributed by atoms with van der Waals surface area (Å²) in [6.07, 6.45) is 3.46. The van der Waals surface area contributed by atoms with Crippen molar-refractivity contribution in [2.75, 3.05) is 13.7 Å². The highest BCUT2D eigenvalue weighted by Crippen LogP contribution is 2.48. The van der Waals surface area contributed by atoms with Crippen molar-refractivity contribution in [3.05, 3.63) is 64.2 Å². The van der Waals surface area contributed by atoms with E-state index in [0.29, 0.717) is 29.3 Å². The Morgan fingerprint density at radius 1 is 1.08 bits per heavy atom. The largest absolute Gasteiger partial charge is 0.495 e. The van der Waals surface area contributed by atoms with E-state index in [2.05, 4.69) is 21.1 Å². The number of carbonyl (C=O) groups is 5.